The Morgan fingerprint density at radius 3 is 2.13 bits per heavy atom. The van der Waals surface area contributed by atoms with Gasteiger partial charge in [-0.25, -0.2) is 0 Å². The number of carbonyl (C=O) groups excluding carboxylic acids is 1. The summed E-state index contributed by atoms with van der Waals surface area (Å²) < 4.78 is 5.24. The highest BCUT2D eigenvalue weighted by Crippen LogP contribution is 2.10. The summed E-state index contributed by atoms with van der Waals surface area (Å²) in [6.07, 6.45) is 29.6. The lowest BCUT2D eigenvalue weighted by Crippen LogP contribution is -2.13. The van der Waals surface area contributed by atoms with Gasteiger partial charge in [0.05, 0.1) is 12.7 Å². The summed E-state index contributed by atoms with van der Waals surface area (Å²) in [4.78, 5) is 11.7. The topological polar surface area (TPSA) is 46.5 Å². The van der Waals surface area contributed by atoms with Gasteiger partial charge in [0, 0.05) is 12.8 Å². The Hall–Kier alpha value is -1.35. The molecule has 0 aromatic rings. The smallest absolute Gasteiger partial charge is 0.305 e. The molecule has 0 saturated carbocycles. The highest BCUT2D eigenvalue weighted by molar-refractivity contribution is 5.69. The van der Waals surface area contributed by atoms with Crippen LogP contribution in [0.2, 0.25) is 0 Å². The van der Waals surface area contributed by atoms with Crippen molar-refractivity contribution in [2.75, 3.05) is 6.61 Å². The second-order valence-electron chi connectivity index (χ2n) is 8.11. The molecule has 30 heavy (non-hydrogen) atoms. The summed E-state index contributed by atoms with van der Waals surface area (Å²) in [6.45, 7) is 4.69. The molecule has 0 bridgehead atoms. The first-order valence-corrected chi connectivity index (χ1v) is 12.5. The van der Waals surface area contributed by atoms with Gasteiger partial charge in [-0.05, 0) is 44.9 Å². The molecule has 0 aliphatic rings. The van der Waals surface area contributed by atoms with E-state index in [2.05, 4.69) is 50.3 Å². The van der Waals surface area contributed by atoms with Gasteiger partial charge < -0.3 is 9.84 Å². The molecule has 174 valence electrons. The standard InChI is InChI=1S/C27H48O3/c1-3-5-7-9-10-11-12-13-14-15-16-17-18-19-21-23-27(29)30-25-24-26(28)22-20-8-6-4-2/h5,7,10-11,13-14,26,28H,3-4,6,8-9,12,15-25H2,1-2H3. The molecule has 0 rings (SSSR count). The molecule has 0 aliphatic heterocycles. The second-order valence-corrected chi connectivity index (χ2v) is 8.11. The number of hydrogen-bond acceptors (Lipinski definition) is 3. The van der Waals surface area contributed by atoms with Crippen LogP contribution in [0.15, 0.2) is 36.5 Å². The normalized spacial score (nSPS) is 13.0. The van der Waals surface area contributed by atoms with Crippen molar-refractivity contribution in [3.8, 4) is 0 Å². The average molecular weight is 421 g/mol. The molecular formula is C27H48O3. The summed E-state index contributed by atoms with van der Waals surface area (Å²) in [5, 5.41) is 9.88. The van der Waals surface area contributed by atoms with Gasteiger partial charge in [0.25, 0.3) is 0 Å². The zero-order valence-corrected chi connectivity index (χ0v) is 19.8. The van der Waals surface area contributed by atoms with Crippen LogP contribution < -0.4 is 0 Å². The van der Waals surface area contributed by atoms with Crippen molar-refractivity contribution in [1.82, 2.24) is 0 Å². The lowest BCUT2D eigenvalue weighted by Gasteiger charge is -2.10. The fraction of sp³-hybridized carbons (Fsp3) is 0.741. The molecule has 3 nitrogen and oxygen atoms in total. The van der Waals surface area contributed by atoms with Crippen molar-refractivity contribution < 1.29 is 14.6 Å². The van der Waals surface area contributed by atoms with Crippen LogP contribution in [0.5, 0.6) is 0 Å². The zero-order chi connectivity index (χ0) is 22.1. The number of aliphatic hydroxyl groups is 1. The van der Waals surface area contributed by atoms with Crippen LogP contribution in [0.4, 0.5) is 0 Å². The largest absolute Gasteiger partial charge is 0.466 e. The predicted octanol–water partition coefficient (Wildman–Crippen LogP) is 7.84. The van der Waals surface area contributed by atoms with Crippen LogP contribution in [0, 0.1) is 0 Å². The molecule has 0 radical (unpaired) electrons. The van der Waals surface area contributed by atoms with Gasteiger partial charge in [-0.15, -0.1) is 0 Å². The second kappa shape index (κ2) is 23.9. The van der Waals surface area contributed by atoms with Crippen LogP contribution in [0.3, 0.4) is 0 Å². The van der Waals surface area contributed by atoms with E-state index in [0.29, 0.717) is 19.4 Å². The number of ether oxygens (including phenoxy) is 1. The number of aliphatic hydroxyl groups excluding tert-OH is 1. The number of allylic oxidation sites excluding steroid dienone is 6. The van der Waals surface area contributed by atoms with Crippen LogP contribution in [-0.4, -0.2) is 23.8 Å². The van der Waals surface area contributed by atoms with Gasteiger partial charge in [0.15, 0.2) is 0 Å². The van der Waals surface area contributed by atoms with Crippen LogP contribution in [-0.2, 0) is 9.53 Å². The van der Waals surface area contributed by atoms with E-state index in [-0.39, 0.29) is 12.1 Å². The molecule has 0 fully saturated rings. The maximum absolute atomic E-state index is 11.7. The molecule has 1 atom stereocenters. The van der Waals surface area contributed by atoms with Gasteiger partial charge >= 0.3 is 5.97 Å². The predicted molar refractivity (Wildman–Crippen MR) is 130 cm³/mol. The van der Waals surface area contributed by atoms with Gasteiger partial charge in [-0.2, -0.15) is 0 Å². The maximum Gasteiger partial charge on any atom is 0.305 e. The van der Waals surface area contributed by atoms with E-state index < -0.39 is 0 Å². The Bertz CT molecular complexity index is 451. The molecule has 0 saturated heterocycles. The van der Waals surface area contributed by atoms with E-state index in [1.165, 1.54) is 38.5 Å². The number of rotatable bonds is 21. The average Bonchev–Trinajstić information content (AvgIpc) is 2.74. The summed E-state index contributed by atoms with van der Waals surface area (Å²) in [7, 11) is 0. The Balaban J connectivity index is 3.38. The zero-order valence-electron chi connectivity index (χ0n) is 19.8. The number of esters is 1. The molecule has 0 amide bonds. The van der Waals surface area contributed by atoms with Crippen LogP contribution >= 0.6 is 0 Å². The van der Waals surface area contributed by atoms with E-state index in [4.69, 9.17) is 4.74 Å². The molecule has 0 spiro atoms. The van der Waals surface area contributed by atoms with Gasteiger partial charge in [0.1, 0.15) is 0 Å². The summed E-state index contributed by atoms with van der Waals surface area (Å²) in [5.41, 5.74) is 0. The molecule has 0 heterocycles. The van der Waals surface area contributed by atoms with E-state index in [1.807, 2.05) is 0 Å². The minimum Gasteiger partial charge on any atom is -0.466 e. The van der Waals surface area contributed by atoms with Crippen LogP contribution in [0.1, 0.15) is 117 Å². The highest BCUT2D eigenvalue weighted by Gasteiger charge is 2.07. The summed E-state index contributed by atoms with van der Waals surface area (Å²) in [6, 6.07) is 0. The first-order valence-electron chi connectivity index (χ1n) is 12.5. The lowest BCUT2D eigenvalue weighted by atomic mass is 10.1. The summed E-state index contributed by atoms with van der Waals surface area (Å²) >= 11 is 0. The fourth-order valence-corrected chi connectivity index (χ4v) is 3.22. The molecule has 0 aromatic heterocycles. The van der Waals surface area contributed by atoms with Crippen molar-refractivity contribution >= 4 is 5.97 Å². The van der Waals surface area contributed by atoms with E-state index >= 15 is 0 Å². The SMILES string of the molecule is CCC=CCC=CCC=CCCCCCCCC(=O)OCCC(O)CCCCCC. The molecule has 1 unspecified atom stereocenters. The number of hydrogen-bond donors (Lipinski definition) is 1. The number of unbranched alkanes of at least 4 members (excludes halogenated alkanes) is 8. The van der Waals surface area contributed by atoms with Gasteiger partial charge in [0.2, 0.25) is 0 Å². The molecule has 3 heteroatoms. The minimum absolute atomic E-state index is 0.116. The van der Waals surface area contributed by atoms with Gasteiger partial charge in [-0.1, -0.05) is 95.2 Å². The van der Waals surface area contributed by atoms with E-state index in [0.717, 1.165) is 51.4 Å². The fourth-order valence-electron chi connectivity index (χ4n) is 3.22. The monoisotopic (exact) mass is 420 g/mol. The van der Waals surface area contributed by atoms with Crippen molar-refractivity contribution in [1.29, 1.82) is 0 Å². The third-order valence-corrected chi connectivity index (χ3v) is 5.14. The molecule has 0 aliphatic carbocycles. The van der Waals surface area contributed by atoms with Crippen molar-refractivity contribution in [3.63, 3.8) is 0 Å². The molecular weight excluding hydrogens is 372 g/mol. The lowest BCUT2D eigenvalue weighted by molar-refractivity contribution is -0.144. The van der Waals surface area contributed by atoms with Gasteiger partial charge in [-0.3, -0.25) is 4.79 Å². The Kier molecular flexibility index (Phi) is 22.8. The van der Waals surface area contributed by atoms with E-state index in [9.17, 15) is 9.90 Å². The Morgan fingerprint density at radius 2 is 1.40 bits per heavy atom. The van der Waals surface area contributed by atoms with Crippen molar-refractivity contribution in [2.24, 2.45) is 0 Å². The van der Waals surface area contributed by atoms with Crippen molar-refractivity contribution in [2.45, 2.75) is 123 Å². The number of carbonyl (C=O) groups is 1. The molecule has 1 N–H and O–H groups in total. The first-order chi connectivity index (χ1) is 14.7. The minimum atomic E-state index is -0.331. The Labute approximate surface area is 186 Å². The third-order valence-electron chi connectivity index (χ3n) is 5.14. The molecule has 0 aromatic carbocycles. The highest BCUT2D eigenvalue weighted by atomic mass is 16.5. The third kappa shape index (κ3) is 22.9. The maximum atomic E-state index is 11.7. The van der Waals surface area contributed by atoms with Crippen molar-refractivity contribution in [3.05, 3.63) is 36.5 Å². The Morgan fingerprint density at radius 1 is 0.767 bits per heavy atom. The summed E-state index contributed by atoms with van der Waals surface area (Å²) in [5.74, 6) is -0.116. The first kappa shape index (κ1) is 28.6. The quantitative estimate of drug-likeness (QED) is 0.117. The van der Waals surface area contributed by atoms with E-state index in [1.54, 1.807) is 0 Å². The van der Waals surface area contributed by atoms with Crippen LogP contribution in [0.25, 0.3) is 0 Å².